The molecule has 0 spiro atoms. The van der Waals surface area contributed by atoms with E-state index in [9.17, 15) is 0 Å². The molecule has 2 aromatic rings. The predicted molar refractivity (Wildman–Crippen MR) is 69.9 cm³/mol. The second-order valence-corrected chi connectivity index (χ2v) is 5.13. The molecule has 4 heteroatoms. The Labute approximate surface area is 109 Å². The molecule has 1 aromatic heterocycles. The second kappa shape index (κ2) is 4.61. The van der Waals surface area contributed by atoms with E-state index >= 15 is 0 Å². The molecular weight excluding hydrogens is 278 g/mol. The smallest absolute Gasteiger partial charge is 0.217 e. The highest BCUT2D eigenvalue weighted by Crippen LogP contribution is 2.31. The summed E-state index contributed by atoms with van der Waals surface area (Å²) in [5.41, 5.74) is 1.34. The Morgan fingerprint density at radius 3 is 2.82 bits per heavy atom. The first kappa shape index (κ1) is 11.0. The molecule has 2 heterocycles. The van der Waals surface area contributed by atoms with E-state index < -0.39 is 0 Å². The summed E-state index contributed by atoms with van der Waals surface area (Å²) in [6.07, 6.45) is 3.59. The topological polar surface area (TPSA) is 30.7 Å². The molecule has 88 valence electrons. The van der Waals surface area contributed by atoms with Crippen LogP contribution in [0, 0.1) is 0 Å². The van der Waals surface area contributed by atoms with Crippen LogP contribution in [0.3, 0.4) is 0 Å². The number of hydrogen-bond donors (Lipinski definition) is 0. The Balaban J connectivity index is 2.05. The van der Waals surface area contributed by atoms with Gasteiger partial charge >= 0.3 is 0 Å². The van der Waals surface area contributed by atoms with Gasteiger partial charge in [0.05, 0.1) is 0 Å². The summed E-state index contributed by atoms with van der Waals surface area (Å²) >= 11 is 3.37. The van der Waals surface area contributed by atoms with Crippen molar-refractivity contribution in [3.63, 3.8) is 0 Å². The Kier molecular flexibility index (Phi) is 2.97. The maximum atomic E-state index is 4.54. The molecule has 3 nitrogen and oxygen atoms in total. The molecule has 17 heavy (non-hydrogen) atoms. The lowest BCUT2D eigenvalue weighted by Gasteiger charge is -2.13. The number of benzene rings is 1. The van der Waals surface area contributed by atoms with Crippen molar-refractivity contribution in [1.82, 2.24) is 14.8 Å². The molecule has 1 unspecified atom stereocenters. The second-order valence-electron chi connectivity index (χ2n) is 4.42. The number of fused-ring (bicyclic) bond motifs is 1. The molecule has 1 atom stereocenters. The molecule has 0 saturated heterocycles. The van der Waals surface area contributed by atoms with E-state index in [0.29, 0.717) is 10.7 Å². The largest absolute Gasteiger partial charge is 0.248 e. The summed E-state index contributed by atoms with van der Waals surface area (Å²) in [5, 5.41) is 4.41. The van der Waals surface area contributed by atoms with Crippen LogP contribution in [-0.2, 0) is 6.54 Å². The van der Waals surface area contributed by atoms with Gasteiger partial charge in [0.2, 0.25) is 4.73 Å². The Bertz CT molecular complexity index is 507. The van der Waals surface area contributed by atoms with Crippen molar-refractivity contribution in [3.8, 4) is 0 Å². The van der Waals surface area contributed by atoms with Gasteiger partial charge in [-0.25, -0.2) is 9.67 Å². The molecule has 1 aromatic carbocycles. The molecule has 0 fully saturated rings. The molecular formula is C13H14BrN3. The first-order valence-electron chi connectivity index (χ1n) is 6.00. The van der Waals surface area contributed by atoms with Crippen LogP contribution >= 0.6 is 15.9 Å². The van der Waals surface area contributed by atoms with Crippen LogP contribution in [0.2, 0.25) is 0 Å². The van der Waals surface area contributed by atoms with Gasteiger partial charge in [-0.2, -0.15) is 0 Å². The zero-order chi connectivity index (χ0) is 11.7. The molecule has 0 amide bonds. The van der Waals surface area contributed by atoms with Gasteiger partial charge in [-0.1, -0.05) is 36.8 Å². The maximum absolute atomic E-state index is 4.54. The third-order valence-electron chi connectivity index (χ3n) is 3.30. The summed E-state index contributed by atoms with van der Waals surface area (Å²) in [6, 6.07) is 10.6. The number of hydrogen-bond acceptors (Lipinski definition) is 2. The zero-order valence-corrected chi connectivity index (χ0v) is 11.1. The summed E-state index contributed by atoms with van der Waals surface area (Å²) < 4.78 is 2.75. The molecule has 0 saturated carbocycles. The minimum atomic E-state index is 0.387. The molecule has 0 aliphatic carbocycles. The molecule has 1 aliphatic heterocycles. The average molecular weight is 292 g/mol. The van der Waals surface area contributed by atoms with Crippen LogP contribution in [0.15, 0.2) is 35.1 Å². The van der Waals surface area contributed by atoms with Gasteiger partial charge in [-0.15, -0.1) is 5.10 Å². The van der Waals surface area contributed by atoms with Gasteiger partial charge in [0, 0.05) is 12.5 Å². The van der Waals surface area contributed by atoms with Gasteiger partial charge in [0.1, 0.15) is 5.82 Å². The van der Waals surface area contributed by atoms with Gasteiger partial charge < -0.3 is 0 Å². The lowest BCUT2D eigenvalue weighted by atomic mass is 9.94. The van der Waals surface area contributed by atoms with E-state index in [1.807, 2.05) is 0 Å². The monoisotopic (exact) mass is 291 g/mol. The quantitative estimate of drug-likeness (QED) is 0.807. The van der Waals surface area contributed by atoms with E-state index in [4.69, 9.17) is 0 Å². The lowest BCUT2D eigenvalue weighted by molar-refractivity contribution is 0.572. The van der Waals surface area contributed by atoms with Crippen LogP contribution in [0.1, 0.15) is 36.6 Å². The van der Waals surface area contributed by atoms with Crippen molar-refractivity contribution < 1.29 is 0 Å². The van der Waals surface area contributed by atoms with Gasteiger partial charge in [-0.3, -0.25) is 0 Å². The van der Waals surface area contributed by atoms with Crippen LogP contribution < -0.4 is 0 Å². The SMILES string of the molecule is Brc1nc2n(n1)CCCCC2c1ccccc1. The highest BCUT2D eigenvalue weighted by Gasteiger charge is 2.23. The Morgan fingerprint density at radius 2 is 2.00 bits per heavy atom. The first-order valence-corrected chi connectivity index (χ1v) is 6.79. The van der Waals surface area contributed by atoms with Crippen molar-refractivity contribution in [3.05, 3.63) is 46.5 Å². The van der Waals surface area contributed by atoms with Crippen molar-refractivity contribution in [2.45, 2.75) is 31.7 Å². The normalized spacial score (nSPS) is 19.7. The van der Waals surface area contributed by atoms with Crippen LogP contribution in [-0.4, -0.2) is 14.8 Å². The van der Waals surface area contributed by atoms with E-state index in [-0.39, 0.29) is 0 Å². The third kappa shape index (κ3) is 2.14. The fourth-order valence-electron chi connectivity index (χ4n) is 2.49. The highest BCUT2D eigenvalue weighted by atomic mass is 79.9. The average Bonchev–Trinajstić information content (AvgIpc) is 2.61. The molecule has 3 rings (SSSR count). The van der Waals surface area contributed by atoms with E-state index in [2.05, 4.69) is 61.0 Å². The number of aromatic nitrogens is 3. The van der Waals surface area contributed by atoms with Crippen molar-refractivity contribution in [1.29, 1.82) is 0 Å². The first-order chi connectivity index (χ1) is 8.34. The number of aryl methyl sites for hydroxylation is 1. The van der Waals surface area contributed by atoms with Crippen molar-refractivity contribution in [2.24, 2.45) is 0 Å². The van der Waals surface area contributed by atoms with Crippen LogP contribution in [0.25, 0.3) is 0 Å². The maximum Gasteiger partial charge on any atom is 0.217 e. The number of nitrogens with zero attached hydrogens (tertiary/aromatic N) is 3. The molecule has 0 N–H and O–H groups in total. The van der Waals surface area contributed by atoms with E-state index in [1.54, 1.807) is 0 Å². The predicted octanol–water partition coefficient (Wildman–Crippen LogP) is 3.36. The van der Waals surface area contributed by atoms with Crippen LogP contribution in [0.4, 0.5) is 0 Å². The third-order valence-corrected chi connectivity index (χ3v) is 3.64. The van der Waals surface area contributed by atoms with Gasteiger partial charge in [0.25, 0.3) is 0 Å². The fourth-order valence-corrected chi connectivity index (χ4v) is 2.86. The molecule has 0 bridgehead atoms. The Morgan fingerprint density at radius 1 is 1.18 bits per heavy atom. The summed E-state index contributed by atoms with van der Waals surface area (Å²) in [6.45, 7) is 0.983. The summed E-state index contributed by atoms with van der Waals surface area (Å²) in [7, 11) is 0. The fraction of sp³-hybridized carbons (Fsp3) is 0.385. The van der Waals surface area contributed by atoms with Crippen LogP contribution in [0.5, 0.6) is 0 Å². The Hall–Kier alpha value is -1.16. The number of rotatable bonds is 1. The zero-order valence-electron chi connectivity index (χ0n) is 9.51. The summed E-state index contributed by atoms with van der Waals surface area (Å²) in [4.78, 5) is 4.54. The van der Waals surface area contributed by atoms with Crippen molar-refractivity contribution in [2.75, 3.05) is 0 Å². The minimum Gasteiger partial charge on any atom is -0.248 e. The van der Waals surface area contributed by atoms with E-state index in [1.165, 1.54) is 18.4 Å². The highest BCUT2D eigenvalue weighted by molar-refractivity contribution is 9.10. The number of halogens is 1. The lowest BCUT2D eigenvalue weighted by Crippen LogP contribution is -2.08. The van der Waals surface area contributed by atoms with Gasteiger partial charge in [0.15, 0.2) is 0 Å². The minimum absolute atomic E-state index is 0.387. The molecule has 1 aliphatic rings. The van der Waals surface area contributed by atoms with E-state index in [0.717, 1.165) is 18.8 Å². The standard InChI is InChI=1S/C13H14BrN3/c14-13-15-12-11(10-6-2-1-3-7-10)8-4-5-9-17(12)16-13/h1-3,6-7,11H,4-5,8-9H2. The van der Waals surface area contributed by atoms with Crippen molar-refractivity contribution >= 4 is 15.9 Å². The summed E-state index contributed by atoms with van der Waals surface area (Å²) in [5.74, 6) is 1.48. The van der Waals surface area contributed by atoms with Gasteiger partial charge in [-0.05, 0) is 34.3 Å². The molecule has 0 radical (unpaired) electrons.